The van der Waals surface area contributed by atoms with Gasteiger partial charge < -0.3 is 14.4 Å². The molecule has 0 amide bonds. The molecular formula is C8H14O6S. The summed E-state index contributed by atoms with van der Waals surface area (Å²) in [7, 11) is -3.97. The van der Waals surface area contributed by atoms with E-state index < -0.39 is 22.0 Å². The van der Waals surface area contributed by atoms with Crippen LogP contribution < -0.4 is 0 Å². The van der Waals surface area contributed by atoms with E-state index >= 15 is 0 Å². The van der Waals surface area contributed by atoms with Crippen molar-refractivity contribution < 1.29 is 27.6 Å². The van der Waals surface area contributed by atoms with E-state index in [9.17, 15) is 18.3 Å². The fourth-order valence-corrected chi connectivity index (χ4v) is 1.65. The molecule has 0 fully saturated rings. The molecule has 15 heavy (non-hydrogen) atoms. The smallest absolute Gasteiger partial charge is 0.314 e. The van der Waals surface area contributed by atoms with E-state index in [-0.39, 0.29) is 19.5 Å². The van der Waals surface area contributed by atoms with Crippen LogP contribution in [0.4, 0.5) is 0 Å². The van der Waals surface area contributed by atoms with Gasteiger partial charge in [-0.05, 0) is 12.8 Å². The highest BCUT2D eigenvalue weighted by Crippen LogP contribution is 2.01. The quantitative estimate of drug-likeness (QED) is 0.325. The monoisotopic (exact) mass is 238 g/mol. The predicted octanol–water partition coefficient (Wildman–Crippen LogP) is -0.821. The first-order valence-electron chi connectivity index (χ1n) is 4.30. The summed E-state index contributed by atoms with van der Waals surface area (Å²) in [5.41, 5.74) is 0. The zero-order valence-electron chi connectivity index (χ0n) is 8.07. The zero-order valence-corrected chi connectivity index (χ0v) is 8.89. The summed E-state index contributed by atoms with van der Waals surface area (Å²) in [6.07, 6.45) is 2.63. The molecule has 0 heterocycles. The highest BCUT2D eigenvalue weighted by atomic mass is 32.2. The van der Waals surface area contributed by atoms with Gasteiger partial charge in [0.2, 0.25) is 0 Å². The maximum absolute atomic E-state index is 10.9. The van der Waals surface area contributed by atoms with Gasteiger partial charge in [0.15, 0.2) is 0 Å². The van der Waals surface area contributed by atoms with E-state index in [1.54, 1.807) is 12.2 Å². The lowest BCUT2D eigenvalue weighted by Crippen LogP contribution is -2.21. The molecule has 0 aromatic heterocycles. The molecule has 7 heteroatoms. The van der Waals surface area contributed by atoms with E-state index in [2.05, 4.69) is 4.18 Å². The van der Waals surface area contributed by atoms with Gasteiger partial charge >= 0.3 is 16.6 Å². The zero-order chi connectivity index (χ0) is 11.7. The summed E-state index contributed by atoms with van der Waals surface area (Å²) in [5, 5.41) is 17.6. The van der Waals surface area contributed by atoms with Crippen molar-refractivity contribution in [1.82, 2.24) is 0 Å². The van der Waals surface area contributed by atoms with E-state index in [1.807, 2.05) is 0 Å². The molecule has 1 atom stereocenters. The maximum Gasteiger partial charge on any atom is 0.314 e. The van der Waals surface area contributed by atoms with Crippen LogP contribution in [0.1, 0.15) is 12.8 Å². The Bertz CT molecular complexity index is 294. The minimum Gasteiger partial charge on any atom is -0.396 e. The highest BCUT2D eigenvalue weighted by molar-refractivity contribution is 7.87. The first-order chi connectivity index (χ1) is 7.02. The van der Waals surface area contributed by atoms with Gasteiger partial charge in [0.1, 0.15) is 5.75 Å². The lowest BCUT2D eigenvalue weighted by atomic mass is 10.2. The van der Waals surface area contributed by atoms with Gasteiger partial charge in [0.05, 0.1) is 6.10 Å². The van der Waals surface area contributed by atoms with Crippen LogP contribution >= 0.6 is 0 Å². The summed E-state index contributed by atoms with van der Waals surface area (Å²) >= 11 is 0. The molecule has 0 radical (unpaired) electrons. The molecule has 0 saturated carbocycles. The first-order valence-corrected chi connectivity index (χ1v) is 5.88. The van der Waals surface area contributed by atoms with Crippen LogP contribution in [0.3, 0.4) is 0 Å². The fourth-order valence-electron chi connectivity index (χ4n) is 0.848. The largest absolute Gasteiger partial charge is 0.396 e. The number of aliphatic hydroxyl groups is 2. The molecule has 0 aliphatic rings. The Balaban J connectivity index is 3.92. The summed E-state index contributed by atoms with van der Waals surface area (Å²) < 4.78 is 25.5. The van der Waals surface area contributed by atoms with Crippen LogP contribution in [0.15, 0.2) is 12.2 Å². The number of rotatable bonds is 8. The molecule has 0 bridgehead atoms. The predicted molar refractivity (Wildman–Crippen MR) is 52.4 cm³/mol. The summed E-state index contributed by atoms with van der Waals surface area (Å²) in [6.45, 7) is -0.192. The van der Waals surface area contributed by atoms with Gasteiger partial charge in [-0.2, -0.15) is 8.42 Å². The standard InChI is InChI=1S/C8H14O6S/c9-5-3-1-2-4-8(11)6-15(12,13)14-7-10/h1-2,7-9,11H,3-6H2. The Morgan fingerprint density at radius 1 is 1.33 bits per heavy atom. The summed E-state index contributed by atoms with van der Waals surface area (Å²) in [4.78, 5) is 9.78. The Morgan fingerprint density at radius 2 is 2.00 bits per heavy atom. The van der Waals surface area contributed by atoms with E-state index in [4.69, 9.17) is 5.11 Å². The Kier molecular flexibility index (Phi) is 6.93. The molecule has 2 N–H and O–H groups in total. The minimum absolute atomic E-state index is 0.000846. The second kappa shape index (κ2) is 7.38. The van der Waals surface area contributed by atoms with Crippen LogP contribution in [0.2, 0.25) is 0 Å². The molecule has 88 valence electrons. The number of carbonyl (C=O) groups excluding carboxylic acids is 1. The molecule has 0 aliphatic heterocycles. The third-order valence-corrected chi connectivity index (χ3v) is 2.62. The minimum atomic E-state index is -3.97. The van der Waals surface area contributed by atoms with Crippen molar-refractivity contribution in [3.05, 3.63) is 12.2 Å². The Morgan fingerprint density at radius 3 is 2.53 bits per heavy atom. The molecule has 1 unspecified atom stereocenters. The molecular weight excluding hydrogens is 224 g/mol. The van der Waals surface area contributed by atoms with E-state index in [1.165, 1.54) is 0 Å². The summed E-state index contributed by atoms with van der Waals surface area (Å²) in [5.74, 6) is -0.630. The van der Waals surface area contributed by atoms with Gasteiger partial charge in [-0.25, -0.2) is 0 Å². The fraction of sp³-hybridized carbons (Fsp3) is 0.625. The van der Waals surface area contributed by atoms with Crippen molar-refractivity contribution >= 4 is 16.6 Å². The number of aliphatic hydroxyl groups excluding tert-OH is 2. The van der Waals surface area contributed by atoms with E-state index in [0.717, 1.165) is 0 Å². The molecule has 0 aromatic carbocycles. The Hall–Kier alpha value is -0.920. The van der Waals surface area contributed by atoms with Crippen molar-refractivity contribution in [2.24, 2.45) is 0 Å². The number of hydrogen-bond donors (Lipinski definition) is 2. The van der Waals surface area contributed by atoms with Gasteiger partial charge in [-0.15, -0.1) is 0 Å². The van der Waals surface area contributed by atoms with Gasteiger partial charge in [0, 0.05) is 6.61 Å². The summed E-state index contributed by atoms with van der Waals surface area (Å²) in [6, 6.07) is 0. The second-order valence-electron chi connectivity index (χ2n) is 2.79. The first kappa shape index (κ1) is 14.1. The van der Waals surface area contributed by atoms with Crippen molar-refractivity contribution in [3.63, 3.8) is 0 Å². The molecule has 0 aliphatic carbocycles. The highest BCUT2D eigenvalue weighted by Gasteiger charge is 2.16. The van der Waals surface area contributed by atoms with Crippen molar-refractivity contribution in [3.8, 4) is 0 Å². The van der Waals surface area contributed by atoms with Crippen LogP contribution in [0.5, 0.6) is 0 Å². The van der Waals surface area contributed by atoms with Crippen LogP contribution in [-0.4, -0.2) is 43.6 Å². The maximum atomic E-state index is 10.9. The van der Waals surface area contributed by atoms with Gasteiger partial charge in [-0.1, -0.05) is 12.2 Å². The van der Waals surface area contributed by atoms with Gasteiger partial charge in [-0.3, -0.25) is 4.79 Å². The number of carbonyl (C=O) groups is 1. The normalized spacial score (nSPS) is 14.0. The third-order valence-electron chi connectivity index (χ3n) is 1.45. The molecule has 0 saturated heterocycles. The second-order valence-corrected chi connectivity index (χ2v) is 4.43. The van der Waals surface area contributed by atoms with Crippen LogP contribution in [0, 0.1) is 0 Å². The van der Waals surface area contributed by atoms with Crippen LogP contribution in [0.25, 0.3) is 0 Å². The topological polar surface area (TPSA) is 101 Å². The lowest BCUT2D eigenvalue weighted by Gasteiger charge is -2.06. The molecule has 6 nitrogen and oxygen atoms in total. The van der Waals surface area contributed by atoms with Gasteiger partial charge in [0.25, 0.3) is 0 Å². The Labute approximate surface area is 88.3 Å². The van der Waals surface area contributed by atoms with Crippen molar-refractivity contribution in [1.29, 1.82) is 0 Å². The van der Waals surface area contributed by atoms with Crippen molar-refractivity contribution in [2.75, 3.05) is 12.4 Å². The molecule has 0 rings (SSSR count). The lowest BCUT2D eigenvalue weighted by molar-refractivity contribution is -0.120. The SMILES string of the molecule is O=COS(=O)(=O)CC(O)CC=CCCO. The van der Waals surface area contributed by atoms with Crippen LogP contribution in [-0.2, 0) is 19.1 Å². The number of hydrogen-bond acceptors (Lipinski definition) is 6. The molecule has 0 aromatic rings. The van der Waals surface area contributed by atoms with Crippen molar-refractivity contribution in [2.45, 2.75) is 18.9 Å². The average molecular weight is 238 g/mol. The van der Waals surface area contributed by atoms with E-state index in [0.29, 0.717) is 6.42 Å². The third kappa shape index (κ3) is 8.10. The molecule has 0 spiro atoms. The average Bonchev–Trinajstić information content (AvgIpc) is 2.11.